The number of hydrogen-bond donors (Lipinski definition) is 3. The lowest BCUT2D eigenvalue weighted by Gasteiger charge is -2.10. The minimum atomic E-state index is -1.35. The molecule has 4 N–H and O–H groups in total. The maximum atomic E-state index is 11.6. The predicted molar refractivity (Wildman–Crippen MR) is 78.6 cm³/mol. The molecule has 0 fully saturated rings. The van der Waals surface area contributed by atoms with Crippen LogP contribution in [0.25, 0.3) is 6.08 Å². The van der Waals surface area contributed by atoms with E-state index in [9.17, 15) is 14.4 Å². The molecule has 0 aliphatic heterocycles. The van der Waals surface area contributed by atoms with Gasteiger partial charge >= 0.3 is 5.97 Å². The smallest absolute Gasteiger partial charge is 0.326 e. The van der Waals surface area contributed by atoms with E-state index in [2.05, 4.69) is 5.32 Å². The number of aliphatic carboxylic acids is 1. The summed E-state index contributed by atoms with van der Waals surface area (Å²) >= 11 is 5.95. The Balaban J connectivity index is 2.70. The molecule has 0 saturated heterocycles. The third kappa shape index (κ3) is 5.66. The Bertz CT molecular complexity index is 599. The number of benzene rings is 1. The van der Waals surface area contributed by atoms with Gasteiger partial charge in [-0.05, 0) is 30.2 Å². The summed E-state index contributed by atoms with van der Waals surface area (Å²) in [6.07, 6.45) is 2.19. The predicted octanol–water partition coefficient (Wildman–Crippen LogP) is 1.11. The van der Waals surface area contributed by atoms with Crippen LogP contribution in [0.5, 0.6) is 0 Å². The second kappa shape index (κ2) is 7.44. The number of carboxylic acid groups (broad SMARTS) is 1. The van der Waals surface area contributed by atoms with E-state index in [0.717, 1.165) is 11.6 Å². The molecular formula is C14H15ClN2O4. The van der Waals surface area contributed by atoms with E-state index in [1.807, 2.05) is 6.92 Å². The van der Waals surface area contributed by atoms with E-state index < -0.39 is 30.2 Å². The molecule has 1 atom stereocenters. The van der Waals surface area contributed by atoms with Crippen LogP contribution in [0.1, 0.15) is 17.5 Å². The van der Waals surface area contributed by atoms with Gasteiger partial charge in [0.15, 0.2) is 0 Å². The number of carboxylic acids is 1. The molecule has 0 radical (unpaired) electrons. The number of nitrogens with one attached hydrogen (secondary N) is 1. The van der Waals surface area contributed by atoms with Gasteiger partial charge in [-0.2, -0.15) is 0 Å². The summed E-state index contributed by atoms with van der Waals surface area (Å²) in [5, 5.41) is 11.6. The van der Waals surface area contributed by atoms with Crippen molar-refractivity contribution >= 4 is 35.5 Å². The van der Waals surface area contributed by atoms with E-state index in [4.69, 9.17) is 22.4 Å². The number of rotatable bonds is 6. The summed E-state index contributed by atoms with van der Waals surface area (Å²) < 4.78 is 0. The number of carbonyl (C=O) groups is 3. The fourth-order valence-corrected chi connectivity index (χ4v) is 1.69. The number of amides is 2. The van der Waals surface area contributed by atoms with Gasteiger partial charge in [0.05, 0.1) is 6.42 Å². The van der Waals surface area contributed by atoms with Crippen LogP contribution in [0.4, 0.5) is 0 Å². The summed E-state index contributed by atoms with van der Waals surface area (Å²) in [4.78, 5) is 33.2. The number of carbonyl (C=O) groups excluding carboxylic acids is 2. The number of primary amides is 1. The number of halogens is 1. The van der Waals surface area contributed by atoms with Crippen LogP contribution in [-0.4, -0.2) is 28.9 Å². The van der Waals surface area contributed by atoms with E-state index in [1.165, 1.54) is 6.08 Å². The fraction of sp³-hybridized carbons (Fsp3) is 0.214. The Labute approximate surface area is 126 Å². The van der Waals surface area contributed by atoms with E-state index in [1.54, 1.807) is 18.2 Å². The highest BCUT2D eigenvalue weighted by molar-refractivity contribution is 6.31. The van der Waals surface area contributed by atoms with E-state index >= 15 is 0 Å². The summed E-state index contributed by atoms with van der Waals surface area (Å²) in [5.41, 5.74) is 6.52. The second-order valence-electron chi connectivity index (χ2n) is 4.41. The molecule has 6 nitrogen and oxygen atoms in total. The largest absolute Gasteiger partial charge is 0.480 e. The highest BCUT2D eigenvalue weighted by Gasteiger charge is 2.20. The Hall–Kier alpha value is -2.34. The van der Waals surface area contributed by atoms with Crippen molar-refractivity contribution in [3.05, 3.63) is 40.4 Å². The van der Waals surface area contributed by atoms with Crippen LogP contribution in [0, 0.1) is 6.92 Å². The molecule has 0 unspecified atom stereocenters. The van der Waals surface area contributed by atoms with Crippen molar-refractivity contribution in [2.45, 2.75) is 19.4 Å². The first-order chi connectivity index (χ1) is 9.79. The zero-order chi connectivity index (χ0) is 16.0. The Morgan fingerprint density at radius 2 is 2.10 bits per heavy atom. The lowest BCUT2D eigenvalue weighted by Crippen LogP contribution is -2.42. The minimum Gasteiger partial charge on any atom is -0.480 e. The summed E-state index contributed by atoms with van der Waals surface area (Å²) in [7, 11) is 0. The van der Waals surface area contributed by atoms with Gasteiger partial charge in [0.1, 0.15) is 6.04 Å². The third-order valence-corrected chi connectivity index (χ3v) is 3.05. The van der Waals surface area contributed by atoms with Crippen LogP contribution in [-0.2, 0) is 14.4 Å². The molecule has 0 bridgehead atoms. The van der Waals surface area contributed by atoms with Gasteiger partial charge in [-0.25, -0.2) is 4.79 Å². The molecule has 0 spiro atoms. The van der Waals surface area contributed by atoms with Gasteiger partial charge in [-0.15, -0.1) is 0 Å². The van der Waals surface area contributed by atoms with Crippen LogP contribution < -0.4 is 11.1 Å². The van der Waals surface area contributed by atoms with Crippen LogP contribution in [0.2, 0.25) is 5.02 Å². The SMILES string of the molecule is Cc1ccc(/C=C/C(=O)N[C@H](CC(N)=O)C(=O)O)cc1Cl. The highest BCUT2D eigenvalue weighted by Crippen LogP contribution is 2.17. The number of aryl methyl sites for hydroxylation is 1. The number of nitrogens with two attached hydrogens (primary N) is 1. The quantitative estimate of drug-likeness (QED) is 0.683. The average Bonchev–Trinajstić information content (AvgIpc) is 2.38. The molecule has 7 heteroatoms. The molecule has 1 aromatic carbocycles. The molecule has 0 aliphatic rings. The van der Waals surface area contributed by atoms with Crippen LogP contribution >= 0.6 is 11.6 Å². The van der Waals surface area contributed by atoms with Crippen LogP contribution in [0.15, 0.2) is 24.3 Å². The first-order valence-corrected chi connectivity index (χ1v) is 6.43. The molecular weight excluding hydrogens is 296 g/mol. The molecule has 0 aromatic heterocycles. The molecule has 112 valence electrons. The van der Waals surface area contributed by atoms with Gasteiger partial charge < -0.3 is 16.2 Å². The summed E-state index contributed by atoms with van der Waals surface area (Å²) in [6, 6.07) is 3.90. The molecule has 0 aliphatic carbocycles. The number of hydrogen-bond acceptors (Lipinski definition) is 3. The van der Waals surface area contributed by atoms with Gasteiger partial charge in [0.2, 0.25) is 11.8 Å². The Morgan fingerprint density at radius 1 is 1.43 bits per heavy atom. The lowest BCUT2D eigenvalue weighted by molar-refractivity contribution is -0.142. The highest BCUT2D eigenvalue weighted by atomic mass is 35.5. The van der Waals surface area contributed by atoms with Crippen molar-refractivity contribution < 1.29 is 19.5 Å². The zero-order valence-corrected chi connectivity index (χ0v) is 12.1. The minimum absolute atomic E-state index is 0.467. The van der Waals surface area contributed by atoms with E-state index in [0.29, 0.717) is 10.6 Å². The normalized spacial score (nSPS) is 12.1. The first kappa shape index (κ1) is 16.7. The second-order valence-corrected chi connectivity index (χ2v) is 4.82. The topological polar surface area (TPSA) is 109 Å². The van der Waals surface area contributed by atoms with Crippen molar-refractivity contribution in [2.75, 3.05) is 0 Å². The fourth-order valence-electron chi connectivity index (χ4n) is 1.51. The van der Waals surface area contributed by atoms with Gasteiger partial charge in [-0.3, -0.25) is 9.59 Å². The lowest BCUT2D eigenvalue weighted by atomic mass is 10.1. The maximum Gasteiger partial charge on any atom is 0.326 e. The monoisotopic (exact) mass is 310 g/mol. The van der Waals surface area contributed by atoms with Crippen molar-refractivity contribution in [3.63, 3.8) is 0 Å². The van der Waals surface area contributed by atoms with Gasteiger partial charge in [0, 0.05) is 11.1 Å². The average molecular weight is 311 g/mol. The zero-order valence-electron chi connectivity index (χ0n) is 11.3. The van der Waals surface area contributed by atoms with Crippen molar-refractivity contribution in [1.29, 1.82) is 0 Å². The van der Waals surface area contributed by atoms with Crippen molar-refractivity contribution in [1.82, 2.24) is 5.32 Å². The maximum absolute atomic E-state index is 11.6. The van der Waals surface area contributed by atoms with Gasteiger partial charge in [0.25, 0.3) is 0 Å². The molecule has 21 heavy (non-hydrogen) atoms. The Kier molecular flexibility index (Phi) is 5.92. The molecule has 0 heterocycles. The molecule has 1 aromatic rings. The Morgan fingerprint density at radius 3 is 2.62 bits per heavy atom. The molecule has 1 rings (SSSR count). The molecule has 2 amide bonds. The third-order valence-electron chi connectivity index (χ3n) is 2.64. The first-order valence-electron chi connectivity index (χ1n) is 6.05. The summed E-state index contributed by atoms with van der Waals surface area (Å²) in [6.45, 7) is 1.85. The standard InChI is InChI=1S/C14H15ClN2O4/c1-8-2-3-9(6-10(8)15)4-5-13(19)17-11(14(20)21)7-12(16)18/h2-6,11H,7H2,1H3,(H2,16,18)(H,17,19)(H,20,21)/b5-4+/t11-/m1/s1. The van der Waals surface area contributed by atoms with Crippen molar-refractivity contribution in [3.8, 4) is 0 Å². The molecule has 0 saturated carbocycles. The van der Waals surface area contributed by atoms with Crippen LogP contribution in [0.3, 0.4) is 0 Å². The van der Waals surface area contributed by atoms with E-state index in [-0.39, 0.29) is 0 Å². The summed E-state index contributed by atoms with van der Waals surface area (Å²) in [5.74, 6) is -2.77. The van der Waals surface area contributed by atoms with Gasteiger partial charge in [-0.1, -0.05) is 23.7 Å². The van der Waals surface area contributed by atoms with Crippen molar-refractivity contribution in [2.24, 2.45) is 5.73 Å².